The number of amides is 1. The van der Waals surface area contributed by atoms with Gasteiger partial charge in [0, 0.05) is 26.7 Å². The summed E-state index contributed by atoms with van der Waals surface area (Å²) in [6.45, 7) is 3.72. The molecule has 0 aliphatic heterocycles. The lowest BCUT2D eigenvalue weighted by Gasteiger charge is -2.04. The predicted octanol–water partition coefficient (Wildman–Crippen LogP) is 4.85. The standard InChI is InChI=1S/C19H15BrN4O2/c1-10-15-9-13(20)5-8-16(15)26-17(10)19(25)22-14-6-3-12(4-7-14)18-21-11(2)23-24-18/h3-9H,1-2H3,(H,22,25)(H,21,23,24). The summed E-state index contributed by atoms with van der Waals surface area (Å²) >= 11 is 3.44. The largest absolute Gasteiger partial charge is 0.451 e. The van der Waals surface area contributed by atoms with Crippen LogP contribution in [0.3, 0.4) is 0 Å². The van der Waals surface area contributed by atoms with Gasteiger partial charge in [-0.05, 0) is 56.3 Å². The average molecular weight is 411 g/mol. The molecule has 0 bridgehead atoms. The molecule has 2 aromatic carbocycles. The van der Waals surface area contributed by atoms with Crippen LogP contribution in [0.2, 0.25) is 0 Å². The van der Waals surface area contributed by atoms with E-state index in [9.17, 15) is 4.79 Å². The highest BCUT2D eigenvalue weighted by molar-refractivity contribution is 9.10. The van der Waals surface area contributed by atoms with Crippen LogP contribution in [0.25, 0.3) is 22.4 Å². The van der Waals surface area contributed by atoms with Crippen LogP contribution in [0.5, 0.6) is 0 Å². The van der Waals surface area contributed by atoms with E-state index in [4.69, 9.17) is 4.42 Å². The van der Waals surface area contributed by atoms with Gasteiger partial charge < -0.3 is 9.73 Å². The number of aromatic amines is 1. The Morgan fingerprint density at radius 1 is 1.15 bits per heavy atom. The number of halogens is 1. The summed E-state index contributed by atoms with van der Waals surface area (Å²) < 4.78 is 6.67. The first-order chi connectivity index (χ1) is 12.5. The number of benzene rings is 2. The highest BCUT2D eigenvalue weighted by atomic mass is 79.9. The van der Waals surface area contributed by atoms with E-state index < -0.39 is 0 Å². The second kappa shape index (κ2) is 6.42. The molecule has 0 spiro atoms. The average Bonchev–Trinajstić information content (AvgIpc) is 3.20. The molecule has 1 amide bonds. The minimum Gasteiger partial charge on any atom is -0.451 e. The molecule has 0 unspecified atom stereocenters. The number of hydrogen-bond acceptors (Lipinski definition) is 4. The molecule has 7 heteroatoms. The van der Waals surface area contributed by atoms with Gasteiger partial charge in [-0.1, -0.05) is 15.9 Å². The third-order valence-electron chi connectivity index (χ3n) is 4.10. The van der Waals surface area contributed by atoms with Crippen molar-refractivity contribution in [1.82, 2.24) is 15.2 Å². The lowest BCUT2D eigenvalue weighted by atomic mass is 10.1. The van der Waals surface area contributed by atoms with Crippen molar-refractivity contribution in [3.8, 4) is 11.4 Å². The Hall–Kier alpha value is -2.93. The van der Waals surface area contributed by atoms with Crippen LogP contribution >= 0.6 is 15.9 Å². The predicted molar refractivity (Wildman–Crippen MR) is 103 cm³/mol. The topological polar surface area (TPSA) is 83.8 Å². The van der Waals surface area contributed by atoms with E-state index in [0.717, 1.165) is 26.8 Å². The number of hydrogen-bond donors (Lipinski definition) is 2. The monoisotopic (exact) mass is 410 g/mol. The normalized spacial score (nSPS) is 11.0. The summed E-state index contributed by atoms with van der Waals surface area (Å²) in [7, 11) is 0. The van der Waals surface area contributed by atoms with E-state index in [2.05, 4.69) is 36.4 Å². The van der Waals surface area contributed by atoms with Gasteiger partial charge in [0.15, 0.2) is 11.6 Å². The van der Waals surface area contributed by atoms with Crippen LogP contribution < -0.4 is 5.32 Å². The molecule has 26 heavy (non-hydrogen) atoms. The molecule has 0 aliphatic carbocycles. The Morgan fingerprint density at radius 3 is 2.62 bits per heavy atom. The Bertz CT molecular complexity index is 1110. The number of aromatic nitrogens is 3. The molecule has 4 aromatic rings. The van der Waals surface area contributed by atoms with Crippen LogP contribution in [-0.4, -0.2) is 21.1 Å². The number of rotatable bonds is 3. The lowest BCUT2D eigenvalue weighted by Crippen LogP contribution is -2.12. The minimum atomic E-state index is -0.281. The van der Waals surface area contributed by atoms with Crippen molar-refractivity contribution in [2.45, 2.75) is 13.8 Å². The van der Waals surface area contributed by atoms with Crippen molar-refractivity contribution in [2.24, 2.45) is 0 Å². The summed E-state index contributed by atoms with van der Waals surface area (Å²) in [6.07, 6.45) is 0. The molecule has 130 valence electrons. The Morgan fingerprint density at radius 2 is 1.92 bits per heavy atom. The van der Waals surface area contributed by atoms with Gasteiger partial charge in [0.1, 0.15) is 11.4 Å². The fourth-order valence-electron chi connectivity index (χ4n) is 2.77. The fourth-order valence-corrected chi connectivity index (χ4v) is 3.13. The highest BCUT2D eigenvalue weighted by Gasteiger charge is 2.18. The summed E-state index contributed by atoms with van der Waals surface area (Å²) in [5, 5.41) is 10.7. The van der Waals surface area contributed by atoms with E-state index in [1.54, 1.807) is 0 Å². The highest BCUT2D eigenvalue weighted by Crippen LogP contribution is 2.28. The maximum Gasteiger partial charge on any atom is 0.291 e. The van der Waals surface area contributed by atoms with Gasteiger partial charge in [0.2, 0.25) is 0 Å². The number of nitrogens with zero attached hydrogens (tertiary/aromatic N) is 2. The third-order valence-corrected chi connectivity index (χ3v) is 4.60. The number of H-pyrrole nitrogens is 1. The quantitative estimate of drug-likeness (QED) is 0.505. The van der Waals surface area contributed by atoms with E-state index in [1.807, 2.05) is 56.3 Å². The second-order valence-corrected chi connectivity index (χ2v) is 6.89. The third kappa shape index (κ3) is 3.01. The van der Waals surface area contributed by atoms with Gasteiger partial charge in [-0.25, -0.2) is 4.98 Å². The molecule has 2 heterocycles. The van der Waals surface area contributed by atoms with Crippen molar-refractivity contribution in [2.75, 3.05) is 5.32 Å². The molecule has 0 aliphatic rings. The fraction of sp³-hybridized carbons (Fsp3) is 0.105. The zero-order valence-electron chi connectivity index (χ0n) is 14.1. The number of fused-ring (bicyclic) bond motifs is 1. The van der Waals surface area contributed by atoms with Crippen molar-refractivity contribution in [3.05, 3.63) is 64.1 Å². The number of nitrogens with one attached hydrogen (secondary N) is 2. The van der Waals surface area contributed by atoms with Crippen molar-refractivity contribution in [3.63, 3.8) is 0 Å². The minimum absolute atomic E-state index is 0.281. The maximum absolute atomic E-state index is 12.6. The summed E-state index contributed by atoms with van der Waals surface area (Å²) in [6, 6.07) is 13.0. The molecule has 0 saturated heterocycles. The van der Waals surface area contributed by atoms with Crippen LogP contribution in [0.4, 0.5) is 5.69 Å². The van der Waals surface area contributed by atoms with Gasteiger partial charge in [-0.15, -0.1) is 0 Å². The van der Waals surface area contributed by atoms with Crippen LogP contribution in [0.15, 0.2) is 51.4 Å². The van der Waals surface area contributed by atoms with Gasteiger partial charge in [0.25, 0.3) is 5.91 Å². The van der Waals surface area contributed by atoms with Gasteiger partial charge in [-0.2, -0.15) is 5.10 Å². The van der Waals surface area contributed by atoms with E-state index in [1.165, 1.54) is 0 Å². The molecule has 0 atom stereocenters. The molecule has 2 N–H and O–H groups in total. The number of anilines is 1. The van der Waals surface area contributed by atoms with E-state index in [0.29, 0.717) is 22.9 Å². The number of carbonyl (C=O) groups excluding carboxylic acids is 1. The maximum atomic E-state index is 12.6. The molecular weight excluding hydrogens is 396 g/mol. The first-order valence-corrected chi connectivity index (χ1v) is 8.80. The van der Waals surface area contributed by atoms with Crippen LogP contribution in [0, 0.1) is 13.8 Å². The van der Waals surface area contributed by atoms with Crippen LogP contribution in [-0.2, 0) is 0 Å². The summed E-state index contributed by atoms with van der Waals surface area (Å²) in [5.41, 5.74) is 3.04. The molecule has 2 aromatic heterocycles. The molecular formula is C19H15BrN4O2. The van der Waals surface area contributed by atoms with Crippen molar-refractivity contribution < 1.29 is 9.21 Å². The van der Waals surface area contributed by atoms with Crippen molar-refractivity contribution in [1.29, 1.82) is 0 Å². The van der Waals surface area contributed by atoms with E-state index in [-0.39, 0.29) is 5.91 Å². The lowest BCUT2D eigenvalue weighted by molar-refractivity contribution is 0.0998. The van der Waals surface area contributed by atoms with Crippen LogP contribution in [0.1, 0.15) is 21.9 Å². The Labute approximate surface area is 157 Å². The zero-order chi connectivity index (χ0) is 18.3. The van der Waals surface area contributed by atoms with E-state index >= 15 is 0 Å². The Balaban J connectivity index is 1.57. The van der Waals surface area contributed by atoms with Gasteiger partial charge >= 0.3 is 0 Å². The second-order valence-electron chi connectivity index (χ2n) is 5.97. The number of aryl methyl sites for hydroxylation is 2. The summed E-state index contributed by atoms with van der Waals surface area (Å²) in [4.78, 5) is 16.9. The molecule has 0 saturated carbocycles. The first kappa shape index (κ1) is 16.5. The van der Waals surface area contributed by atoms with Crippen molar-refractivity contribution >= 4 is 38.5 Å². The smallest absolute Gasteiger partial charge is 0.291 e. The summed E-state index contributed by atoms with van der Waals surface area (Å²) in [5.74, 6) is 1.41. The van der Waals surface area contributed by atoms with Gasteiger partial charge in [0.05, 0.1) is 0 Å². The zero-order valence-corrected chi connectivity index (χ0v) is 15.7. The number of furan rings is 1. The molecule has 0 fully saturated rings. The molecule has 4 rings (SSSR count). The van der Waals surface area contributed by atoms with Gasteiger partial charge in [-0.3, -0.25) is 9.89 Å². The first-order valence-electron chi connectivity index (χ1n) is 8.01. The number of carbonyl (C=O) groups is 1. The molecule has 6 nitrogen and oxygen atoms in total. The SMILES string of the molecule is Cc1nc(-c2ccc(NC(=O)c3oc4ccc(Br)cc4c3C)cc2)n[nH]1. The Kier molecular flexibility index (Phi) is 4.08. The molecule has 0 radical (unpaired) electrons.